The fraction of sp³-hybridized carbons (Fsp3) is 0.167. The standard InChI is InChI=1S/C30H26FN3O2S/c1-4-28(29(35)33-23-12-8-19(2)9-13-23)37-30-26(18-32)25(21-6-5-7-22(31)16-21)17-27(34-30)20-10-14-24(36-3)15-11-20/h5-17,28H,4H2,1-3H3,(H,33,35). The first-order valence-electron chi connectivity index (χ1n) is 11.8. The Bertz CT molecular complexity index is 1450. The lowest BCUT2D eigenvalue weighted by atomic mass is 9.99. The molecule has 0 fully saturated rings. The van der Waals surface area contributed by atoms with Gasteiger partial charge >= 0.3 is 0 Å². The third kappa shape index (κ3) is 6.16. The molecule has 0 spiro atoms. The van der Waals surface area contributed by atoms with Crippen LogP contribution in [-0.2, 0) is 4.79 Å². The Balaban J connectivity index is 1.77. The van der Waals surface area contributed by atoms with E-state index in [-0.39, 0.29) is 5.91 Å². The molecule has 37 heavy (non-hydrogen) atoms. The van der Waals surface area contributed by atoms with Crippen molar-refractivity contribution in [3.63, 3.8) is 0 Å². The molecule has 5 nitrogen and oxygen atoms in total. The number of hydrogen-bond acceptors (Lipinski definition) is 5. The van der Waals surface area contributed by atoms with E-state index < -0.39 is 11.1 Å². The number of aromatic nitrogens is 1. The van der Waals surface area contributed by atoms with Crippen LogP contribution in [0.4, 0.5) is 10.1 Å². The van der Waals surface area contributed by atoms with Crippen molar-refractivity contribution in [2.75, 3.05) is 12.4 Å². The predicted molar refractivity (Wildman–Crippen MR) is 146 cm³/mol. The summed E-state index contributed by atoms with van der Waals surface area (Å²) < 4.78 is 19.4. The highest BCUT2D eigenvalue weighted by atomic mass is 32.2. The number of amides is 1. The molecule has 0 radical (unpaired) electrons. The van der Waals surface area contributed by atoms with Gasteiger partial charge in [-0.15, -0.1) is 0 Å². The maximum Gasteiger partial charge on any atom is 0.237 e. The maximum absolute atomic E-state index is 14.1. The van der Waals surface area contributed by atoms with Crippen molar-refractivity contribution in [2.45, 2.75) is 30.5 Å². The van der Waals surface area contributed by atoms with Gasteiger partial charge in [-0.1, -0.05) is 48.5 Å². The lowest BCUT2D eigenvalue weighted by Gasteiger charge is -2.18. The summed E-state index contributed by atoms with van der Waals surface area (Å²) in [7, 11) is 1.60. The average molecular weight is 512 g/mol. The van der Waals surface area contributed by atoms with Crippen molar-refractivity contribution in [1.82, 2.24) is 4.98 Å². The van der Waals surface area contributed by atoms with Crippen molar-refractivity contribution in [3.05, 3.63) is 95.8 Å². The molecule has 0 saturated heterocycles. The molecule has 1 N–H and O–H groups in total. The smallest absolute Gasteiger partial charge is 0.237 e. The van der Waals surface area contributed by atoms with Crippen LogP contribution in [0.1, 0.15) is 24.5 Å². The minimum Gasteiger partial charge on any atom is -0.497 e. The first-order chi connectivity index (χ1) is 17.9. The average Bonchev–Trinajstić information content (AvgIpc) is 2.92. The van der Waals surface area contributed by atoms with Gasteiger partial charge in [-0.3, -0.25) is 4.79 Å². The van der Waals surface area contributed by atoms with Crippen LogP contribution in [0.5, 0.6) is 5.75 Å². The zero-order chi connectivity index (χ0) is 26.4. The van der Waals surface area contributed by atoms with E-state index in [2.05, 4.69) is 11.4 Å². The minimum atomic E-state index is -0.493. The Labute approximate surface area is 220 Å². The number of carbonyl (C=O) groups excluding carboxylic acids is 1. The molecule has 1 atom stereocenters. The summed E-state index contributed by atoms with van der Waals surface area (Å²) in [5, 5.41) is 13.0. The molecule has 4 rings (SSSR count). The second-order valence-electron chi connectivity index (χ2n) is 8.46. The molecule has 0 aliphatic rings. The molecule has 0 aliphatic carbocycles. The third-order valence-corrected chi connectivity index (χ3v) is 7.21. The predicted octanol–water partition coefficient (Wildman–Crippen LogP) is 7.25. The largest absolute Gasteiger partial charge is 0.497 e. The van der Waals surface area contributed by atoms with Gasteiger partial charge in [0.05, 0.1) is 23.6 Å². The molecule has 0 bridgehead atoms. The van der Waals surface area contributed by atoms with Crippen LogP contribution in [-0.4, -0.2) is 23.3 Å². The summed E-state index contributed by atoms with van der Waals surface area (Å²) in [6.07, 6.45) is 0.525. The molecule has 7 heteroatoms. The Morgan fingerprint density at radius 2 is 1.81 bits per heavy atom. The van der Waals surface area contributed by atoms with Gasteiger partial charge in [-0.25, -0.2) is 9.37 Å². The van der Waals surface area contributed by atoms with E-state index in [1.54, 1.807) is 25.3 Å². The number of aryl methyl sites for hydroxylation is 1. The highest BCUT2D eigenvalue weighted by Gasteiger charge is 2.23. The lowest BCUT2D eigenvalue weighted by molar-refractivity contribution is -0.115. The molecule has 0 aliphatic heterocycles. The number of benzene rings is 3. The van der Waals surface area contributed by atoms with E-state index >= 15 is 0 Å². The van der Waals surface area contributed by atoms with Crippen LogP contribution < -0.4 is 10.1 Å². The zero-order valence-corrected chi connectivity index (χ0v) is 21.6. The molecule has 0 saturated carbocycles. The van der Waals surface area contributed by atoms with Gasteiger partial charge in [0.15, 0.2) is 0 Å². The monoisotopic (exact) mass is 511 g/mol. The van der Waals surface area contributed by atoms with Crippen molar-refractivity contribution >= 4 is 23.4 Å². The van der Waals surface area contributed by atoms with Gasteiger partial charge in [0, 0.05) is 16.8 Å². The van der Waals surface area contributed by atoms with Crippen LogP contribution in [0.25, 0.3) is 22.4 Å². The van der Waals surface area contributed by atoms with Crippen molar-refractivity contribution in [3.8, 4) is 34.2 Å². The Kier molecular flexibility index (Phi) is 8.22. The molecule has 1 unspecified atom stereocenters. The summed E-state index contributed by atoms with van der Waals surface area (Å²) in [6.45, 7) is 3.90. The number of nitrogens with one attached hydrogen (secondary N) is 1. The normalized spacial score (nSPS) is 11.4. The fourth-order valence-corrected chi connectivity index (χ4v) is 4.85. The highest BCUT2D eigenvalue weighted by Crippen LogP contribution is 2.37. The Morgan fingerprint density at radius 1 is 1.08 bits per heavy atom. The quantitative estimate of drug-likeness (QED) is 0.252. The lowest BCUT2D eigenvalue weighted by Crippen LogP contribution is -2.24. The number of hydrogen-bond donors (Lipinski definition) is 1. The first kappa shape index (κ1) is 25.9. The Hall–Kier alpha value is -4.15. The van der Waals surface area contributed by atoms with E-state index in [4.69, 9.17) is 9.72 Å². The van der Waals surface area contributed by atoms with E-state index in [1.807, 2.05) is 62.4 Å². The molecular formula is C30H26FN3O2S. The molecular weight excluding hydrogens is 485 g/mol. The third-order valence-electron chi connectivity index (χ3n) is 5.86. The number of thioether (sulfide) groups is 1. The second-order valence-corrected chi connectivity index (χ2v) is 9.65. The summed E-state index contributed by atoms with van der Waals surface area (Å²) in [6, 6.07) is 25.1. The van der Waals surface area contributed by atoms with Gasteiger partial charge < -0.3 is 10.1 Å². The topological polar surface area (TPSA) is 75.0 Å². The number of halogens is 1. The molecule has 1 aromatic heterocycles. The summed E-state index contributed by atoms with van der Waals surface area (Å²) in [4.78, 5) is 17.9. The van der Waals surface area contributed by atoms with Gasteiger partial charge in [0.25, 0.3) is 0 Å². The van der Waals surface area contributed by atoms with Crippen LogP contribution in [0.3, 0.4) is 0 Å². The van der Waals surface area contributed by atoms with Crippen molar-refractivity contribution in [2.24, 2.45) is 0 Å². The number of ether oxygens (including phenoxy) is 1. The van der Waals surface area contributed by atoms with Gasteiger partial charge in [-0.2, -0.15) is 5.26 Å². The van der Waals surface area contributed by atoms with Gasteiger partial charge in [0.2, 0.25) is 5.91 Å². The van der Waals surface area contributed by atoms with Crippen LogP contribution >= 0.6 is 11.8 Å². The van der Waals surface area contributed by atoms with Gasteiger partial charge in [0.1, 0.15) is 22.7 Å². The Morgan fingerprint density at radius 3 is 2.43 bits per heavy atom. The second kappa shape index (κ2) is 11.7. The van der Waals surface area contributed by atoms with Crippen molar-refractivity contribution < 1.29 is 13.9 Å². The number of methoxy groups -OCH3 is 1. The molecule has 186 valence electrons. The summed E-state index contributed by atoms with van der Waals surface area (Å²) >= 11 is 1.24. The molecule has 3 aromatic carbocycles. The number of carbonyl (C=O) groups is 1. The first-order valence-corrected chi connectivity index (χ1v) is 12.7. The van der Waals surface area contributed by atoms with Crippen LogP contribution in [0, 0.1) is 24.1 Å². The van der Waals surface area contributed by atoms with Gasteiger partial charge in [-0.05, 0) is 73.5 Å². The van der Waals surface area contributed by atoms with Crippen LogP contribution in [0.2, 0.25) is 0 Å². The number of nitriles is 1. The SMILES string of the molecule is CCC(Sc1nc(-c2ccc(OC)cc2)cc(-c2cccc(F)c2)c1C#N)C(=O)Nc1ccc(C)cc1. The van der Waals surface area contributed by atoms with E-state index in [0.29, 0.717) is 45.3 Å². The van der Waals surface area contributed by atoms with E-state index in [9.17, 15) is 14.4 Å². The number of nitrogens with zero attached hydrogens (tertiary/aromatic N) is 2. The summed E-state index contributed by atoms with van der Waals surface area (Å²) in [5.41, 5.74) is 4.64. The number of anilines is 1. The molecule has 1 amide bonds. The molecule has 4 aromatic rings. The number of pyridine rings is 1. The molecule has 1 heterocycles. The van der Waals surface area contributed by atoms with E-state index in [1.165, 1.54) is 23.9 Å². The highest BCUT2D eigenvalue weighted by molar-refractivity contribution is 8.00. The minimum absolute atomic E-state index is 0.177. The zero-order valence-electron chi connectivity index (χ0n) is 20.8. The number of rotatable bonds is 8. The fourth-order valence-electron chi connectivity index (χ4n) is 3.82. The van der Waals surface area contributed by atoms with Crippen molar-refractivity contribution in [1.29, 1.82) is 5.26 Å². The summed E-state index contributed by atoms with van der Waals surface area (Å²) in [5.74, 6) is 0.127. The van der Waals surface area contributed by atoms with E-state index in [0.717, 1.165) is 11.1 Å². The van der Waals surface area contributed by atoms with Crippen LogP contribution in [0.15, 0.2) is 83.9 Å². The maximum atomic E-state index is 14.1.